The summed E-state index contributed by atoms with van der Waals surface area (Å²) in [6.07, 6.45) is 17.9. The quantitative estimate of drug-likeness (QED) is 0.177. The zero-order chi connectivity index (χ0) is 17.2. The van der Waals surface area contributed by atoms with Gasteiger partial charge < -0.3 is 4.79 Å². The number of unbranched alkanes of at least 4 members (excludes halogenated alkanes) is 7. The first kappa shape index (κ1) is 21.8. The van der Waals surface area contributed by atoms with Gasteiger partial charge >= 0.3 is 0 Å². The number of carbonyl (C=O) groups is 1. The topological polar surface area (TPSA) is 17.1 Å². The Morgan fingerprint density at radius 3 is 2.09 bits per heavy atom. The maximum atomic E-state index is 13.5. The summed E-state index contributed by atoms with van der Waals surface area (Å²) in [6, 6.07) is 0. The predicted molar refractivity (Wildman–Crippen MR) is 94.7 cm³/mol. The Morgan fingerprint density at radius 1 is 0.783 bits per heavy atom. The number of carbonyl (C=O) groups excluding carboxylic acids is 1. The maximum absolute atomic E-state index is 13.5. The Labute approximate surface area is 140 Å². The Hall–Kier alpha value is -1.25. The highest BCUT2D eigenvalue weighted by Crippen LogP contribution is 2.14. The molecule has 0 heterocycles. The third kappa shape index (κ3) is 16.9. The number of rotatable bonds is 15. The molecule has 0 bridgehead atoms. The highest BCUT2D eigenvalue weighted by molar-refractivity contribution is 5.49. The summed E-state index contributed by atoms with van der Waals surface area (Å²) in [5.74, 6) is -0.603. The van der Waals surface area contributed by atoms with Gasteiger partial charge in [0, 0.05) is 12.8 Å². The lowest BCUT2D eigenvalue weighted by Gasteiger charge is -1.97. The van der Waals surface area contributed by atoms with Crippen LogP contribution in [0.15, 0.2) is 36.0 Å². The van der Waals surface area contributed by atoms with Crippen molar-refractivity contribution < 1.29 is 13.6 Å². The van der Waals surface area contributed by atoms with Crippen molar-refractivity contribution in [1.29, 1.82) is 0 Å². The number of halogens is 2. The summed E-state index contributed by atoms with van der Waals surface area (Å²) >= 11 is 0. The normalized spacial score (nSPS) is 13.0. The van der Waals surface area contributed by atoms with Crippen molar-refractivity contribution in [2.75, 3.05) is 0 Å². The van der Waals surface area contributed by atoms with Gasteiger partial charge in [0.15, 0.2) is 0 Å². The molecule has 0 radical (unpaired) electrons. The van der Waals surface area contributed by atoms with Crippen LogP contribution in [0.25, 0.3) is 0 Å². The average Bonchev–Trinajstić information content (AvgIpc) is 2.55. The van der Waals surface area contributed by atoms with E-state index >= 15 is 0 Å². The second-order valence-corrected chi connectivity index (χ2v) is 5.82. The zero-order valence-corrected chi connectivity index (χ0v) is 14.5. The summed E-state index contributed by atoms with van der Waals surface area (Å²) in [6.45, 7) is 2.20. The van der Waals surface area contributed by atoms with Crippen molar-refractivity contribution in [2.24, 2.45) is 0 Å². The number of allylic oxidation sites excluding steroid dienone is 6. The molecule has 0 aromatic rings. The first-order valence-electron chi connectivity index (χ1n) is 8.98. The van der Waals surface area contributed by atoms with Crippen LogP contribution in [0.2, 0.25) is 0 Å². The molecule has 0 aromatic heterocycles. The van der Waals surface area contributed by atoms with E-state index in [-0.39, 0.29) is 24.5 Å². The molecule has 0 rings (SSSR count). The molecule has 0 aliphatic rings. The fourth-order valence-electron chi connectivity index (χ4n) is 2.16. The molecule has 0 saturated carbocycles. The molecular weight excluding hydrogens is 294 g/mol. The largest absolute Gasteiger partial charge is 0.303 e. The van der Waals surface area contributed by atoms with Crippen molar-refractivity contribution in [1.82, 2.24) is 0 Å². The predicted octanol–water partition coefficient (Wildman–Crippen LogP) is 7.15. The molecule has 23 heavy (non-hydrogen) atoms. The van der Waals surface area contributed by atoms with E-state index in [2.05, 4.69) is 19.1 Å². The third-order valence-corrected chi connectivity index (χ3v) is 3.59. The molecule has 0 N–H and O–H groups in total. The zero-order valence-electron chi connectivity index (χ0n) is 14.5. The molecule has 1 nitrogen and oxygen atoms in total. The van der Waals surface area contributed by atoms with E-state index in [9.17, 15) is 13.6 Å². The summed E-state index contributed by atoms with van der Waals surface area (Å²) in [5.41, 5.74) is 0. The highest BCUT2D eigenvalue weighted by Gasteiger charge is 1.97. The van der Waals surface area contributed by atoms with Crippen molar-refractivity contribution >= 4 is 6.29 Å². The van der Waals surface area contributed by atoms with E-state index in [0.717, 1.165) is 32.0 Å². The molecule has 132 valence electrons. The summed E-state index contributed by atoms with van der Waals surface area (Å²) in [7, 11) is 0. The van der Waals surface area contributed by atoms with Gasteiger partial charge in [-0.25, -0.2) is 8.78 Å². The number of hydrogen-bond donors (Lipinski definition) is 0. The Morgan fingerprint density at radius 2 is 1.43 bits per heavy atom. The van der Waals surface area contributed by atoms with E-state index in [1.807, 2.05) is 0 Å². The Kier molecular flexibility index (Phi) is 16.2. The van der Waals surface area contributed by atoms with E-state index in [1.54, 1.807) is 6.08 Å². The molecule has 0 unspecified atom stereocenters. The van der Waals surface area contributed by atoms with Crippen molar-refractivity contribution in [2.45, 2.75) is 84.0 Å². The molecule has 0 spiro atoms. The lowest BCUT2D eigenvalue weighted by molar-refractivity contribution is -0.107. The molecule has 0 atom stereocenters. The van der Waals surface area contributed by atoms with Gasteiger partial charge in [-0.3, -0.25) is 0 Å². The van der Waals surface area contributed by atoms with Gasteiger partial charge in [-0.1, -0.05) is 38.0 Å². The van der Waals surface area contributed by atoms with Crippen LogP contribution in [0.4, 0.5) is 8.78 Å². The molecule has 0 aliphatic carbocycles. The van der Waals surface area contributed by atoms with E-state index < -0.39 is 0 Å². The van der Waals surface area contributed by atoms with Gasteiger partial charge in [-0.15, -0.1) is 0 Å². The summed E-state index contributed by atoms with van der Waals surface area (Å²) < 4.78 is 26.7. The number of hydrogen-bond acceptors (Lipinski definition) is 1. The van der Waals surface area contributed by atoms with Gasteiger partial charge in [-0.05, 0) is 57.4 Å². The minimum Gasteiger partial charge on any atom is -0.303 e. The van der Waals surface area contributed by atoms with Gasteiger partial charge in [0.05, 0.1) is 11.7 Å². The van der Waals surface area contributed by atoms with Crippen LogP contribution in [-0.4, -0.2) is 6.29 Å². The first-order valence-corrected chi connectivity index (χ1v) is 8.98. The van der Waals surface area contributed by atoms with Gasteiger partial charge in [-0.2, -0.15) is 0 Å². The van der Waals surface area contributed by atoms with E-state index in [1.165, 1.54) is 25.3 Å². The van der Waals surface area contributed by atoms with Crippen LogP contribution in [0.1, 0.15) is 84.0 Å². The van der Waals surface area contributed by atoms with Crippen molar-refractivity contribution in [3.63, 3.8) is 0 Å². The fraction of sp³-hybridized carbons (Fsp3) is 0.650. The lowest BCUT2D eigenvalue weighted by atomic mass is 10.1. The Balaban J connectivity index is 3.62. The molecule has 0 saturated heterocycles. The molecule has 3 heteroatoms. The van der Waals surface area contributed by atoms with Crippen LogP contribution in [-0.2, 0) is 4.79 Å². The van der Waals surface area contributed by atoms with Crippen LogP contribution in [0.5, 0.6) is 0 Å². The van der Waals surface area contributed by atoms with Crippen LogP contribution in [0.3, 0.4) is 0 Å². The molecule has 0 aliphatic heterocycles. The Bertz CT molecular complexity index is 370. The number of aldehydes is 1. The maximum Gasteiger partial charge on any atom is 0.120 e. The SMILES string of the molecule is CCCCCC=CCCCCC=C(F)CC=C(F)CCCC=O. The molecule has 0 fully saturated rings. The van der Waals surface area contributed by atoms with Gasteiger partial charge in [0.1, 0.15) is 6.29 Å². The van der Waals surface area contributed by atoms with Gasteiger partial charge in [0.2, 0.25) is 0 Å². The fourth-order valence-corrected chi connectivity index (χ4v) is 2.16. The van der Waals surface area contributed by atoms with Gasteiger partial charge in [0.25, 0.3) is 0 Å². The monoisotopic (exact) mass is 326 g/mol. The smallest absolute Gasteiger partial charge is 0.120 e. The summed E-state index contributed by atoms with van der Waals surface area (Å²) in [4.78, 5) is 10.1. The second kappa shape index (κ2) is 17.1. The van der Waals surface area contributed by atoms with Crippen LogP contribution < -0.4 is 0 Å². The van der Waals surface area contributed by atoms with Crippen molar-refractivity contribution in [3.05, 3.63) is 36.0 Å². The third-order valence-electron chi connectivity index (χ3n) is 3.59. The standard InChI is InChI=1S/C20H32F2O/c1-2-3-4-5-6-7-8-9-10-11-14-19(21)16-17-20(22)15-12-13-18-23/h6-7,14,17-18H,2-5,8-13,15-16H2,1H3. The molecule has 0 amide bonds. The highest BCUT2D eigenvalue weighted by atomic mass is 19.1. The second-order valence-electron chi connectivity index (χ2n) is 5.82. The summed E-state index contributed by atoms with van der Waals surface area (Å²) in [5, 5.41) is 0. The van der Waals surface area contributed by atoms with E-state index in [4.69, 9.17) is 0 Å². The van der Waals surface area contributed by atoms with Crippen LogP contribution in [0, 0.1) is 0 Å². The average molecular weight is 326 g/mol. The van der Waals surface area contributed by atoms with E-state index in [0.29, 0.717) is 19.3 Å². The lowest BCUT2D eigenvalue weighted by Crippen LogP contribution is -1.81. The van der Waals surface area contributed by atoms with Crippen LogP contribution >= 0.6 is 0 Å². The molecular formula is C20H32F2O. The minimum absolute atomic E-state index is 0.0181. The first-order chi connectivity index (χ1) is 11.2. The molecule has 0 aromatic carbocycles. The minimum atomic E-state index is -0.330. The van der Waals surface area contributed by atoms with Crippen molar-refractivity contribution in [3.8, 4) is 0 Å².